The maximum Gasteiger partial charge on any atom is 0.408 e. The number of nitrogens with zero attached hydrogens (tertiary/aromatic N) is 2. The number of amides is 1. The molecule has 3 aromatic rings. The number of carbonyl (C=O) groups is 1. The van der Waals surface area contributed by atoms with E-state index in [2.05, 4.69) is 15.5 Å². The largest absolute Gasteiger partial charge is 0.444 e. The highest BCUT2D eigenvalue weighted by Crippen LogP contribution is 2.23. The third-order valence-electron chi connectivity index (χ3n) is 4.11. The van der Waals surface area contributed by atoms with Crippen LogP contribution >= 0.6 is 11.8 Å². The number of rotatable bonds is 8. The summed E-state index contributed by atoms with van der Waals surface area (Å²) < 4.78 is 11.2. The molecule has 1 N–H and O–H groups in total. The first-order valence-corrected chi connectivity index (χ1v) is 11.1. The molecule has 1 unspecified atom stereocenters. The van der Waals surface area contributed by atoms with Crippen LogP contribution in [0.25, 0.3) is 6.08 Å². The fraction of sp³-hybridized carbons (Fsp3) is 0.292. The molecule has 1 aromatic heterocycles. The maximum atomic E-state index is 12.3. The molecule has 0 fully saturated rings. The Kier molecular flexibility index (Phi) is 7.89. The van der Waals surface area contributed by atoms with Gasteiger partial charge in [-0.3, -0.25) is 0 Å². The monoisotopic (exact) mass is 437 g/mol. The number of benzene rings is 2. The van der Waals surface area contributed by atoms with Crippen molar-refractivity contribution in [1.29, 1.82) is 0 Å². The van der Waals surface area contributed by atoms with E-state index in [1.54, 1.807) is 0 Å². The molecule has 0 bridgehead atoms. The highest BCUT2D eigenvalue weighted by atomic mass is 32.2. The molecule has 1 atom stereocenters. The molecule has 162 valence electrons. The smallest absolute Gasteiger partial charge is 0.408 e. The molecule has 6 nitrogen and oxygen atoms in total. The Bertz CT molecular complexity index is 982. The average molecular weight is 438 g/mol. The normalized spacial score (nSPS) is 12.6. The van der Waals surface area contributed by atoms with Crippen molar-refractivity contribution in [1.82, 2.24) is 15.5 Å². The van der Waals surface area contributed by atoms with Crippen molar-refractivity contribution >= 4 is 23.9 Å². The number of nitrogens with one attached hydrogen (secondary N) is 1. The Morgan fingerprint density at radius 1 is 1.10 bits per heavy atom. The Hall–Kier alpha value is -3.06. The fourth-order valence-corrected chi connectivity index (χ4v) is 3.36. The van der Waals surface area contributed by atoms with Gasteiger partial charge in [-0.2, -0.15) is 0 Å². The van der Waals surface area contributed by atoms with E-state index in [1.807, 2.05) is 93.6 Å². The molecule has 0 aliphatic rings. The Labute approximate surface area is 187 Å². The lowest BCUT2D eigenvalue weighted by Gasteiger charge is -2.22. The van der Waals surface area contributed by atoms with E-state index in [4.69, 9.17) is 9.15 Å². The van der Waals surface area contributed by atoms with Gasteiger partial charge in [0, 0.05) is 12.2 Å². The first kappa shape index (κ1) is 22.6. The molecule has 0 saturated heterocycles. The first-order valence-electron chi connectivity index (χ1n) is 10.1. The summed E-state index contributed by atoms with van der Waals surface area (Å²) in [6.45, 7) is 5.47. The molecule has 1 heterocycles. The van der Waals surface area contributed by atoms with Gasteiger partial charge in [-0.25, -0.2) is 4.79 Å². The Balaban J connectivity index is 1.65. The SMILES string of the molecule is CC(C)(C)OC(=O)NC(Cc1ccccc1)c1nnc(SCC=Cc2ccccc2)o1. The number of hydrogen-bond donors (Lipinski definition) is 1. The quantitative estimate of drug-likeness (QED) is 0.457. The van der Waals surface area contributed by atoms with E-state index >= 15 is 0 Å². The van der Waals surface area contributed by atoms with Crippen molar-refractivity contribution in [2.24, 2.45) is 0 Å². The lowest BCUT2D eigenvalue weighted by atomic mass is 10.1. The topological polar surface area (TPSA) is 77.2 Å². The molecule has 0 aliphatic heterocycles. The summed E-state index contributed by atoms with van der Waals surface area (Å²) in [5.41, 5.74) is 1.59. The van der Waals surface area contributed by atoms with Gasteiger partial charge in [0.1, 0.15) is 11.6 Å². The second-order valence-corrected chi connectivity index (χ2v) is 8.89. The van der Waals surface area contributed by atoms with Crippen LogP contribution in [0, 0.1) is 0 Å². The van der Waals surface area contributed by atoms with Crippen LogP contribution in [-0.2, 0) is 11.2 Å². The van der Waals surface area contributed by atoms with E-state index < -0.39 is 17.7 Å². The molecule has 31 heavy (non-hydrogen) atoms. The summed E-state index contributed by atoms with van der Waals surface area (Å²) >= 11 is 1.44. The van der Waals surface area contributed by atoms with Crippen LogP contribution in [0.5, 0.6) is 0 Å². The zero-order valence-electron chi connectivity index (χ0n) is 17.9. The van der Waals surface area contributed by atoms with Crippen LogP contribution in [0.3, 0.4) is 0 Å². The minimum absolute atomic E-state index is 0.351. The number of alkyl carbamates (subject to hydrolysis) is 1. The summed E-state index contributed by atoms with van der Waals surface area (Å²) in [4.78, 5) is 12.3. The number of ether oxygens (including phenoxy) is 1. The van der Waals surface area contributed by atoms with Crippen LogP contribution in [0.15, 0.2) is 76.4 Å². The molecule has 1 amide bonds. The van der Waals surface area contributed by atoms with Crippen LogP contribution < -0.4 is 5.32 Å². The van der Waals surface area contributed by atoms with Gasteiger partial charge in [0.15, 0.2) is 0 Å². The molecular formula is C24H27N3O3S. The highest BCUT2D eigenvalue weighted by molar-refractivity contribution is 7.99. The van der Waals surface area contributed by atoms with Gasteiger partial charge < -0.3 is 14.5 Å². The van der Waals surface area contributed by atoms with Crippen LogP contribution in [-0.4, -0.2) is 27.6 Å². The van der Waals surface area contributed by atoms with Gasteiger partial charge in [0.2, 0.25) is 5.89 Å². The zero-order valence-corrected chi connectivity index (χ0v) is 18.8. The lowest BCUT2D eigenvalue weighted by Crippen LogP contribution is -2.36. The summed E-state index contributed by atoms with van der Waals surface area (Å²) in [7, 11) is 0. The molecule has 2 aromatic carbocycles. The van der Waals surface area contributed by atoms with E-state index in [-0.39, 0.29) is 0 Å². The van der Waals surface area contributed by atoms with Gasteiger partial charge in [-0.05, 0) is 31.9 Å². The second-order valence-electron chi connectivity index (χ2n) is 7.92. The molecule has 0 spiro atoms. The van der Waals surface area contributed by atoms with E-state index in [0.717, 1.165) is 11.1 Å². The Morgan fingerprint density at radius 3 is 2.45 bits per heavy atom. The van der Waals surface area contributed by atoms with Gasteiger partial charge in [-0.15, -0.1) is 10.2 Å². The minimum Gasteiger partial charge on any atom is -0.444 e. The van der Waals surface area contributed by atoms with Crippen LogP contribution in [0.1, 0.15) is 43.8 Å². The van der Waals surface area contributed by atoms with Crippen molar-refractivity contribution in [2.45, 2.75) is 44.1 Å². The van der Waals surface area contributed by atoms with E-state index in [0.29, 0.717) is 23.3 Å². The number of thioether (sulfide) groups is 1. The van der Waals surface area contributed by atoms with Crippen molar-refractivity contribution in [3.63, 3.8) is 0 Å². The fourth-order valence-electron chi connectivity index (χ4n) is 2.79. The van der Waals surface area contributed by atoms with Gasteiger partial charge >= 0.3 is 6.09 Å². The lowest BCUT2D eigenvalue weighted by molar-refractivity contribution is 0.0494. The predicted molar refractivity (Wildman–Crippen MR) is 123 cm³/mol. The molecule has 7 heteroatoms. The molecule has 3 rings (SSSR count). The average Bonchev–Trinajstić information content (AvgIpc) is 3.20. The zero-order chi connectivity index (χ0) is 22.1. The van der Waals surface area contributed by atoms with Crippen molar-refractivity contribution in [3.8, 4) is 0 Å². The summed E-state index contributed by atoms with van der Waals surface area (Å²) in [5.74, 6) is 1.04. The van der Waals surface area contributed by atoms with Crippen molar-refractivity contribution in [3.05, 3.63) is 83.8 Å². The summed E-state index contributed by atoms with van der Waals surface area (Å²) in [6, 6.07) is 19.4. The van der Waals surface area contributed by atoms with E-state index in [1.165, 1.54) is 11.8 Å². The first-order chi connectivity index (χ1) is 14.9. The molecule has 0 radical (unpaired) electrons. The van der Waals surface area contributed by atoms with Crippen LogP contribution in [0.4, 0.5) is 4.79 Å². The van der Waals surface area contributed by atoms with Gasteiger partial charge in [-0.1, -0.05) is 84.6 Å². The van der Waals surface area contributed by atoms with Crippen LogP contribution in [0.2, 0.25) is 0 Å². The summed E-state index contributed by atoms with van der Waals surface area (Å²) in [6.07, 6.45) is 4.09. The van der Waals surface area contributed by atoms with Crippen molar-refractivity contribution < 1.29 is 13.9 Å². The standard InChI is InChI=1S/C24H27N3O3S/c1-24(2,3)30-22(28)25-20(17-19-13-8-5-9-14-19)21-26-27-23(29-21)31-16-10-15-18-11-6-4-7-12-18/h4-15,20H,16-17H2,1-3H3,(H,25,28). The third-order valence-corrected chi connectivity index (χ3v) is 4.88. The maximum absolute atomic E-state index is 12.3. The highest BCUT2D eigenvalue weighted by Gasteiger charge is 2.25. The van der Waals surface area contributed by atoms with Crippen molar-refractivity contribution in [2.75, 3.05) is 5.75 Å². The summed E-state index contributed by atoms with van der Waals surface area (Å²) in [5, 5.41) is 11.6. The van der Waals surface area contributed by atoms with E-state index in [9.17, 15) is 4.79 Å². The minimum atomic E-state index is -0.595. The molecular weight excluding hydrogens is 410 g/mol. The molecule has 0 saturated carbocycles. The third kappa shape index (κ3) is 7.94. The number of hydrogen-bond acceptors (Lipinski definition) is 6. The van der Waals surface area contributed by atoms with Gasteiger partial charge in [0.25, 0.3) is 5.22 Å². The second kappa shape index (κ2) is 10.8. The number of carbonyl (C=O) groups excluding carboxylic acids is 1. The predicted octanol–water partition coefficient (Wildman–Crippen LogP) is 5.68. The van der Waals surface area contributed by atoms with Gasteiger partial charge in [0.05, 0.1) is 0 Å². The molecule has 0 aliphatic carbocycles. The number of aromatic nitrogens is 2. The Morgan fingerprint density at radius 2 is 1.77 bits per heavy atom.